The van der Waals surface area contributed by atoms with Gasteiger partial charge in [0.2, 0.25) is 5.91 Å². The van der Waals surface area contributed by atoms with E-state index in [0.29, 0.717) is 5.22 Å². The van der Waals surface area contributed by atoms with Crippen LogP contribution in [0.3, 0.4) is 0 Å². The van der Waals surface area contributed by atoms with Crippen LogP contribution in [-0.2, 0) is 4.79 Å². The van der Waals surface area contributed by atoms with Crippen molar-refractivity contribution in [3.8, 4) is 0 Å². The molecule has 150 valence electrons. The van der Waals surface area contributed by atoms with Gasteiger partial charge in [-0.2, -0.15) is 0 Å². The van der Waals surface area contributed by atoms with E-state index in [1.165, 1.54) is 17.4 Å². The largest absolute Gasteiger partial charge is 0.431 e. The number of nitrogens with zero attached hydrogens (tertiary/aromatic N) is 3. The van der Waals surface area contributed by atoms with Crippen molar-refractivity contribution >= 4 is 40.1 Å². The van der Waals surface area contributed by atoms with Crippen molar-refractivity contribution in [3.63, 3.8) is 0 Å². The zero-order chi connectivity index (χ0) is 20.1. The molecule has 0 atom stereocenters. The minimum atomic E-state index is -0.0805. The van der Waals surface area contributed by atoms with Gasteiger partial charge in [-0.1, -0.05) is 30.0 Å². The number of aromatic nitrogens is 1. The van der Waals surface area contributed by atoms with Crippen LogP contribution >= 0.6 is 11.8 Å². The first-order chi connectivity index (χ1) is 14.2. The van der Waals surface area contributed by atoms with Gasteiger partial charge in [-0.25, -0.2) is 4.98 Å². The molecule has 1 N–H and O–H groups in total. The molecule has 0 saturated carbocycles. The normalized spacial score (nSPS) is 14.8. The maximum atomic E-state index is 12.3. The van der Waals surface area contributed by atoms with Crippen molar-refractivity contribution in [3.05, 3.63) is 61.2 Å². The molecule has 0 unspecified atom stereocenters. The van der Waals surface area contributed by atoms with Crippen molar-refractivity contribution in [2.75, 3.05) is 48.7 Å². The van der Waals surface area contributed by atoms with Crippen LogP contribution in [0.5, 0.6) is 0 Å². The molecular formula is C22H24N4O2S. The zero-order valence-corrected chi connectivity index (χ0v) is 17.0. The fourth-order valence-corrected chi connectivity index (χ4v) is 4.00. The van der Waals surface area contributed by atoms with E-state index in [2.05, 4.69) is 38.8 Å². The molecule has 6 nitrogen and oxygen atoms in total. The first kappa shape index (κ1) is 19.5. The number of hydrogen-bond donors (Lipinski definition) is 1. The van der Waals surface area contributed by atoms with E-state index in [0.717, 1.165) is 49.5 Å². The van der Waals surface area contributed by atoms with Gasteiger partial charge in [0.05, 0.1) is 5.75 Å². The lowest BCUT2D eigenvalue weighted by Gasteiger charge is -2.35. The number of nitrogens with one attached hydrogen (secondary N) is 1. The number of amides is 1. The van der Waals surface area contributed by atoms with Gasteiger partial charge < -0.3 is 14.6 Å². The minimum Gasteiger partial charge on any atom is -0.431 e. The summed E-state index contributed by atoms with van der Waals surface area (Å²) in [4.78, 5) is 21.4. The summed E-state index contributed by atoms with van der Waals surface area (Å²) in [5.74, 6) is 0.169. The third kappa shape index (κ3) is 4.99. The molecule has 1 aliphatic rings. The second-order valence-electron chi connectivity index (χ2n) is 6.91. The number of para-hydroxylation sites is 2. The fraction of sp³-hybridized carbons (Fsp3) is 0.273. The summed E-state index contributed by atoms with van der Waals surface area (Å²) >= 11 is 1.29. The molecule has 3 aromatic rings. The highest BCUT2D eigenvalue weighted by Gasteiger charge is 2.16. The number of thioether (sulfide) groups is 1. The van der Waals surface area contributed by atoms with Gasteiger partial charge in [0.25, 0.3) is 5.22 Å². The Morgan fingerprint density at radius 2 is 1.90 bits per heavy atom. The Hall–Kier alpha value is -2.77. The van der Waals surface area contributed by atoms with Gasteiger partial charge in [-0.3, -0.25) is 9.69 Å². The van der Waals surface area contributed by atoms with Crippen molar-refractivity contribution in [2.24, 2.45) is 0 Å². The summed E-state index contributed by atoms with van der Waals surface area (Å²) in [6, 6.07) is 15.6. The minimum absolute atomic E-state index is 0.0805. The molecule has 0 radical (unpaired) electrons. The molecule has 1 aromatic heterocycles. The Morgan fingerprint density at radius 3 is 2.62 bits per heavy atom. The Balaban J connectivity index is 1.27. The molecule has 0 bridgehead atoms. The van der Waals surface area contributed by atoms with Crippen molar-refractivity contribution < 1.29 is 9.21 Å². The van der Waals surface area contributed by atoms with Crippen LogP contribution in [0.25, 0.3) is 11.1 Å². The molecule has 0 aliphatic carbocycles. The highest BCUT2D eigenvalue weighted by molar-refractivity contribution is 7.99. The number of carbonyl (C=O) groups is 1. The predicted molar refractivity (Wildman–Crippen MR) is 119 cm³/mol. The molecule has 2 heterocycles. The summed E-state index contributed by atoms with van der Waals surface area (Å²) in [5.41, 5.74) is 3.51. The average molecular weight is 409 g/mol. The van der Waals surface area contributed by atoms with E-state index >= 15 is 0 Å². The molecule has 1 aliphatic heterocycles. The van der Waals surface area contributed by atoms with Crippen LogP contribution in [-0.4, -0.2) is 54.3 Å². The molecule has 1 saturated heterocycles. The van der Waals surface area contributed by atoms with Crippen LogP contribution < -0.4 is 10.2 Å². The number of anilines is 2. The lowest BCUT2D eigenvalue weighted by molar-refractivity contribution is -0.113. The summed E-state index contributed by atoms with van der Waals surface area (Å²) in [6.45, 7) is 8.83. The highest BCUT2D eigenvalue weighted by atomic mass is 32.2. The van der Waals surface area contributed by atoms with Crippen LogP contribution in [0.2, 0.25) is 0 Å². The highest BCUT2D eigenvalue weighted by Crippen LogP contribution is 2.24. The maximum Gasteiger partial charge on any atom is 0.257 e. The molecular weight excluding hydrogens is 384 g/mol. The third-order valence-corrected chi connectivity index (χ3v) is 5.70. The van der Waals surface area contributed by atoms with Crippen molar-refractivity contribution in [1.29, 1.82) is 0 Å². The zero-order valence-electron chi connectivity index (χ0n) is 16.2. The topological polar surface area (TPSA) is 61.6 Å². The SMILES string of the molecule is C=CCN1CCN(c2ccc(NC(=O)CSc3nc4ccccc4o3)cc2)CC1. The lowest BCUT2D eigenvalue weighted by Crippen LogP contribution is -2.46. The predicted octanol–water partition coefficient (Wildman–Crippen LogP) is 3.87. The number of fused-ring (bicyclic) bond motifs is 1. The van der Waals surface area contributed by atoms with Gasteiger partial charge in [0, 0.05) is 44.1 Å². The Morgan fingerprint density at radius 1 is 1.14 bits per heavy atom. The second kappa shape index (κ2) is 9.15. The Bertz CT molecular complexity index is 945. The second-order valence-corrected chi connectivity index (χ2v) is 7.83. The van der Waals surface area contributed by atoms with Crippen LogP contribution in [0.15, 0.2) is 70.8 Å². The van der Waals surface area contributed by atoms with Gasteiger partial charge in [-0.05, 0) is 36.4 Å². The average Bonchev–Trinajstić information content (AvgIpc) is 3.17. The lowest BCUT2D eigenvalue weighted by atomic mass is 10.2. The maximum absolute atomic E-state index is 12.3. The van der Waals surface area contributed by atoms with Gasteiger partial charge in [-0.15, -0.1) is 6.58 Å². The molecule has 1 fully saturated rings. The molecule has 1 amide bonds. The molecule has 7 heteroatoms. The van der Waals surface area contributed by atoms with Crippen LogP contribution in [0.4, 0.5) is 11.4 Å². The standard InChI is InChI=1S/C22H24N4O2S/c1-2-11-25-12-14-26(15-13-25)18-9-7-17(8-10-18)23-21(27)16-29-22-24-19-5-3-4-6-20(19)28-22/h2-10H,1,11-16H2,(H,23,27). The molecule has 2 aromatic carbocycles. The monoisotopic (exact) mass is 408 g/mol. The van der Waals surface area contributed by atoms with E-state index in [1.807, 2.05) is 42.5 Å². The van der Waals surface area contributed by atoms with E-state index in [-0.39, 0.29) is 11.7 Å². The molecule has 4 rings (SSSR count). The number of benzene rings is 2. The van der Waals surface area contributed by atoms with E-state index < -0.39 is 0 Å². The first-order valence-electron chi connectivity index (χ1n) is 9.68. The van der Waals surface area contributed by atoms with Gasteiger partial charge in [0.1, 0.15) is 5.52 Å². The van der Waals surface area contributed by atoms with Crippen LogP contribution in [0.1, 0.15) is 0 Å². The number of piperazine rings is 1. The van der Waals surface area contributed by atoms with E-state index in [4.69, 9.17) is 4.42 Å². The fourth-order valence-electron chi connectivity index (χ4n) is 3.36. The summed E-state index contributed by atoms with van der Waals surface area (Å²) in [6.07, 6.45) is 1.95. The quantitative estimate of drug-likeness (QED) is 0.473. The number of hydrogen-bond acceptors (Lipinski definition) is 6. The Labute approximate surface area is 174 Å². The summed E-state index contributed by atoms with van der Waals surface area (Å²) in [7, 11) is 0. The first-order valence-corrected chi connectivity index (χ1v) is 10.7. The van der Waals surface area contributed by atoms with Gasteiger partial charge >= 0.3 is 0 Å². The molecule has 29 heavy (non-hydrogen) atoms. The molecule has 0 spiro atoms. The number of oxazole rings is 1. The smallest absolute Gasteiger partial charge is 0.257 e. The summed E-state index contributed by atoms with van der Waals surface area (Å²) < 4.78 is 5.63. The third-order valence-electron chi connectivity index (χ3n) is 4.88. The van der Waals surface area contributed by atoms with Crippen LogP contribution in [0, 0.1) is 0 Å². The van der Waals surface area contributed by atoms with Crippen molar-refractivity contribution in [1.82, 2.24) is 9.88 Å². The van der Waals surface area contributed by atoms with E-state index in [9.17, 15) is 4.79 Å². The summed E-state index contributed by atoms with van der Waals surface area (Å²) in [5, 5.41) is 3.44. The Kier molecular flexibility index (Phi) is 6.17. The van der Waals surface area contributed by atoms with Crippen molar-refractivity contribution in [2.45, 2.75) is 5.22 Å². The number of rotatable bonds is 7. The van der Waals surface area contributed by atoms with Gasteiger partial charge in [0.15, 0.2) is 5.58 Å². The van der Waals surface area contributed by atoms with E-state index in [1.54, 1.807) is 0 Å². The number of carbonyl (C=O) groups excluding carboxylic acids is 1.